The zero-order valence-corrected chi connectivity index (χ0v) is 57.0. The summed E-state index contributed by atoms with van der Waals surface area (Å²) in [6.45, 7) is 6.70. The molecule has 0 saturated carbocycles. The van der Waals surface area contributed by atoms with Crippen LogP contribution in [-0.4, -0.2) is 37.2 Å². The molecule has 0 N–H and O–H groups in total. The van der Waals surface area contributed by atoms with Crippen LogP contribution in [0.3, 0.4) is 0 Å². The Balaban J connectivity index is 3.93. The topological polar surface area (TPSA) is 78.9 Å². The first-order chi connectivity index (χ1) is 41.0. The number of unbranched alkanes of at least 4 members (excludes halogenated alkanes) is 62. The molecule has 0 heterocycles. The molecule has 83 heavy (non-hydrogen) atoms. The van der Waals surface area contributed by atoms with Crippen molar-refractivity contribution in [2.75, 3.05) is 13.2 Å². The first-order valence-electron chi connectivity index (χ1n) is 38.5. The van der Waals surface area contributed by atoms with E-state index in [9.17, 15) is 14.4 Å². The van der Waals surface area contributed by atoms with E-state index < -0.39 is 6.10 Å². The highest BCUT2D eigenvalue weighted by molar-refractivity contribution is 5.71. The highest BCUT2D eigenvalue weighted by Crippen LogP contribution is 2.20. The van der Waals surface area contributed by atoms with Gasteiger partial charge in [0.2, 0.25) is 0 Å². The molecule has 0 aromatic rings. The van der Waals surface area contributed by atoms with E-state index in [4.69, 9.17) is 14.2 Å². The van der Waals surface area contributed by atoms with E-state index in [1.54, 1.807) is 0 Å². The van der Waals surface area contributed by atoms with Crippen molar-refractivity contribution in [3.8, 4) is 0 Å². The fourth-order valence-electron chi connectivity index (χ4n) is 12.3. The van der Waals surface area contributed by atoms with E-state index in [-0.39, 0.29) is 31.1 Å². The molecule has 6 heteroatoms. The lowest BCUT2D eigenvalue weighted by molar-refractivity contribution is -0.167. The second-order valence-electron chi connectivity index (χ2n) is 26.6. The van der Waals surface area contributed by atoms with Gasteiger partial charge in [-0.05, 0) is 19.3 Å². The molecule has 0 aliphatic rings. The fraction of sp³-hybridized carbons (Fsp3) is 0.961. The van der Waals surface area contributed by atoms with Crippen LogP contribution in [0, 0.1) is 0 Å². The second-order valence-corrected chi connectivity index (χ2v) is 26.6. The molecule has 1 atom stereocenters. The fourth-order valence-corrected chi connectivity index (χ4v) is 12.3. The minimum atomic E-state index is -0.762. The third-order valence-corrected chi connectivity index (χ3v) is 18.1. The van der Waals surface area contributed by atoms with Gasteiger partial charge in [-0.2, -0.15) is 0 Å². The van der Waals surface area contributed by atoms with Crippen LogP contribution in [-0.2, 0) is 28.6 Å². The van der Waals surface area contributed by atoms with Crippen molar-refractivity contribution in [2.24, 2.45) is 0 Å². The number of carbonyl (C=O) groups is 3. The Morgan fingerprint density at radius 2 is 0.325 bits per heavy atom. The number of esters is 3. The molecule has 0 spiro atoms. The zero-order valence-electron chi connectivity index (χ0n) is 57.0. The van der Waals surface area contributed by atoms with Crippen molar-refractivity contribution in [3.63, 3.8) is 0 Å². The summed E-state index contributed by atoms with van der Waals surface area (Å²) in [5, 5.41) is 0. The quantitative estimate of drug-likeness (QED) is 0.0343. The van der Waals surface area contributed by atoms with Crippen molar-refractivity contribution >= 4 is 17.9 Å². The predicted octanol–water partition coefficient (Wildman–Crippen LogP) is 26.6. The molecule has 6 nitrogen and oxygen atoms in total. The highest BCUT2D eigenvalue weighted by Gasteiger charge is 2.20. The molecule has 0 aliphatic heterocycles. The molecule has 494 valence electrons. The van der Waals surface area contributed by atoms with E-state index >= 15 is 0 Å². The van der Waals surface area contributed by atoms with Gasteiger partial charge in [0.05, 0.1) is 0 Å². The Hall–Kier alpha value is -1.59. The van der Waals surface area contributed by atoms with Crippen molar-refractivity contribution in [1.82, 2.24) is 0 Å². The van der Waals surface area contributed by atoms with Gasteiger partial charge in [-0.3, -0.25) is 14.4 Å². The summed E-state index contributed by atoms with van der Waals surface area (Å²) in [6, 6.07) is 0. The zero-order chi connectivity index (χ0) is 59.9. The average molecular weight is 1170 g/mol. The smallest absolute Gasteiger partial charge is 0.306 e. The molecule has 0 aromatic carbocycles. The van der Waals surface area contributed by atoms with Gasteiger partial charge in [-0.1, -0.05) is 419 Å². The first kappa shape index (κ1) is 81.4. The Bertz CT molecular complexity index is 1250. The van der Waals surface area contributed by atoms with Crippen LogP contribution in [0.5, 0.6) is 0 Å². The Kier molecular flexibility index (Phi) is 71.5. The number of hydrogen-bond acceptors (Lipinski definition) is 6. The molecule has 0 fully saturated rings. The van der Waals surface area contributed by atoms with Gasteiger partial charge < -0.3 is 14.2 Å². The minimum absolute atomic E-state index is 0.0611. The maximum absolute atomic E-state index is 12.9. The van der Waals surface area contributed by atoms with Gasteiger partial charge in [0, 0.05) is 19.3 Å². The van der Waals surface area contributed by atoms with Gasteiger partial charge in [0.1, 0.15) is 13.2 Å². The Labute approximate surface area is 520 Å². The number of ether oxygens (including phenoxy) is 3. The molecule has 0 bridgehead atoms. The lowest BCUT2D eigenvalue weighted by Gasteiger charge is -2.18. The van der Waals surface area contributed by atoms with Gasteiger partial charge in [0.25, 0.3) is 0 Å². The summed E-state index contributed by atoms with van der Waals surface area (Å²) in [4.78, 5) is 38.2. The van der Waals surface area contributed by atoms with Crippen molar-refractivity contribution in [3.05, 3.63) is 0 Å². The van der Waals surface area contributed by atoms with E-state index in [2.05, 4.69) is 20.8 Å². The molecular formula is C77H150O6. The minimum Gasteiger partial charge on any atom is -0.462 e. The van der Waals surface area contributed by atoms with E-state index in [1.165, 1.54) is 360 Å². The average Bonchev–Trinajstić information content (AvgIpc) is 3.49. The maximum Gasteiger partial charge on any atom is 0.306 e. The molecule has 0 amide bonds. The van der Waals surface area contributed by atoms with E-state index in [1.807, 2.05) is 0 Å². The standard InChI is InChI=1S/C77H150O6/c1-4-7-10-13-16-18-20-22-24-26-28-30-32-34-36-37-38-39-40-41-43-44-46-48-50-52-54-56-58-61-64-67-70-76(79)82-73-74(72-81-75(78)69-66-63-60-15-12-9-6-3)83-77(80)71-68-65-62-59-57-55-53-51-49-47-45-42-35-33-31-29-27-25-23-21-19-17-14-11-8-5-2/h74H,4-73H2,1-3H3. The van der Waals surface area contributed by atoms with Gasteiger partial charge in [-0.15, -0.1) is 0 Å². The van der Waals surface area contributed by atoms with Gasteiger partial charge >= 0.3 is 17.9 Å². The molecule has 0 aliphatic carbocycles. The molecule has 0 saturated heterocycles. The Morgan fingerprint density at radius 3 is 0.482 bits per heavy atom. The summed E-state index contributed by atoms with van der Waals surface area (Å²) in [5.74, 6) is -0.830. The Morgan fingerprint density at radius 1 is 0.193 bits per heavy atom. The van der Waals surface area contributed by atoms with Crippen LogP contribution in [0.1, 0.15) is 457 Å². The van der Waals surface area contributed by atoms with Crippen LogP contribution in [0.4, 0.5) is 0 Å². The first-order valence-corrected chi connectivity index (χ1v) is 38.5. The summed E-state index contributed by atoms with van der Waals surface area (Å²) in [7, 11) is 0. The molecule has 0 rings (SSSR count). The summed E-state index contributed by atoms with van der Waals surface area (Å²) in [5.41, 5.74) is 0. The van der Waals surface area contributed by atoms with Crippen molar-refractivity contribution < 1.29 is 28.6 Å². The van der Waals surface area contributed by atoms with Crippen LogP contribution < -0.4 is 0 Å². The number of carbonyl (C=O) groups excluding carboxylic acids is 3. The normalized spacial score (nSPS) is 11.9. The van der Waals surface area contributed by atoms with Crippen molar-refractivity contribution in [2.45, 2.75) is 463 Å². The van der Waals surface area contributed by atoms with Gasteiger partial charge in [-0.25, -0.2) is 0 Å². The number of hydrogen-bond donors (Lipinski definition) is 0. The van der Waals surface area contributed by atoms with E-state index in [0.717, 1.165) is 57.8 Å². The van der Waals surface area contributed by atoms with Crippen LogP contribution >= 0.6 is 0 Å². The van der Waals surface area contributed by atoms with Crippen LogP contribution in [0.15, 0.2) is 0 Å². The van der Waals surface area contributed by atoms with Crippen molar-refractivity contribution in [1.29, 1.82) is 0 Å². The predicted molar refractivity (Wildman–Crippen MR) is 363 cm³/mol. The maximum atomic E-state index is 12.9. The lowest BCUT2D eigenvalue weighted by Crippen LogP contribution is -2.30. The summed E-state index contributed by atoms with van der Waals surface area (Å²) < 4.78 is 16.9. The summed E-state index contributed by atoms with van der Waals surface area (Å²) >= 11 is 0. The summed E-state index contributed by atoms with van der Waals surface area (Å²) in [6.07, 6.45) is 87.8. The lowest BCUT2D eigenvalue weighted by atomic mass is 10.0. The number of rotatable bonds is 73. The molecule has 1 unspecified atom stereocenters. The molecule has 0 radical (unpaired) electrons. The monoisotopic (exact) mass is 1170 g/mol. The molecule has 0 aromatic heterocycles. The van der Waals surface area contributed by atoms with Gasteiger partial charge in [0.15, 0.2) is 6.10 Å². The third kappa shape index (κ3) is 71.1. The van der Waals surface area contributed by atoms with Crippen LogP contribution in [0.2, 0.25) is 0 Å². The van der Waals surface area contributed by atoms with E-state index in [0.29, 0.717) is 19.3 Å². The third-order valence-electron chi connectivity index (χ3n) is 18.1. The highest BCUT2D eigenvalue weighted by atomic mass is 16.6. The largest absolute Gasteiger partial charge is 0.462 e. The van der Waals surface area contributed by atoms with Crippen LogP contribution in [0.25, 0.3) is 0 Å². The SMILES string of the molecule is CCCCCCCCCCCCCCCCCCCCCCCCCCCCCCCCCCC(=O)OCC(COC(=O)CCCCCCCCC)OC(=O)CCCCCCCCCCCCCCCCCCCCCCCCCCCC. The molecular weight excluding hydrogens is 1020 g/mol. The second kappa shape index (κ2) is 72.9.